The molecule has 31 heavy (non-hydrogen) atoms. The second-order valence-corrected chi connectivity index (χ2v) is 8.04. The molecule has 1 aliphatic rings. The van der Waals surface area contributed by atoms with Crippen molar-refractivity contribution in [3.8, 4) is 5.69 Å². The van der Waals surface area contributed by atoms with E-state index in [4.69, 9.17) is 9.73 Å². The minimum Gasteiger partial charge on any atom is -0.444 e. The molecule has 0 radical (unpaired) electrons. The van der Waals surface area contributed by atoms with Gasteiger partial charge in [0.05, 0.1) is 11.4 Å². The highest BCUT2D eigenvalue weighted by molar-refractivity contribution is 7.09. The van der Waals surface area contributed by atoms with Crippen LogP contribution in [0.3, 0.4) is 0 Å². The molecular formula is C23H19N5O2S. The summed E-state index contributed by atoms with van der Waals surface area (Å²) >= 11 is 1.54. The lowest BCUT2D eigenvalue weighted by Crippen LogP contribution is -2.30. The number of carbonyl (C=O) groups excluding carboxylic acids is 1. The smallest absolute Gasteiger partial charge is 0.409 e. The first-order valence-electron chi connectivity index (χ1n) is 9.81. The highest BCUT2D eigenvalue weighted by Crippen LogP contribution is 2.29. The van der Waals surface area contributed by atoms with Gasteiger partial charge < -0.3 is 4.74 Å². The minimum atomic E-state index is -0.750. The Bertz CT molecular complexity index is 1250. The van der Waals surface area contributed by atoms with Gasteiger partial charge in [-0.3, -0.25) is 14.9 Å². The number of rotatable bonds is 4. The molecule has 1 unspecified atom stereocenters. The van der Waals surface area contributed by atoms with E-state index in [1.54, 1.807) is 0 Å². The van der Waals surface area contributed by atoms with Gasteiger partial charge in [0.1, 0.15) is 12.4 Å². The van der Waals surface area contributed by atoms with Gasteiger partial charge in [-0.15, -0.1) is 21.5 Å². The van der Waals surface area contributed by atoms with Crippen LogP contribution in [0.5, 0.6) is 0 Å². The van der Waals surface area contributed by atoms with E-state index in [1.807, 2.05) is 83.6 Å². The summed E-state index contributed by atoms with van der Waals surface area (Å²) in [5.41, 5.74) is 3.57. The van der Waals surface area contributed by atoms with E-state index in [-0.39, 0.29) is 6.61 Å². The van der Waals surface area contributed by atoms with E-state index < -0.39 is 12.3 Å². The van der Waals surface area contributed by atoms with Crippen molar-refractivity contribution in [2.75, 3.05) is 0 Å². The van der Waals surface area contributed by atoms with Crippen molar-refractivity contribution in [1.82, 2.24) is 20.1 Å². The number of alkyl carbamates (subject to hydrolysis) is 1. The fourth-order valence-corrected chi connectivity index (χ4v) is 4.20. The molecule has 7 nitrogen and oxygen atoms in total. The van der Waals surface area contributed by atoms with Crippen LogP contribution < -0.4 is 5.32 Å². The van der Waals surface area contributed by atoms with E-state index in [0.717, 1.165) is 27.4 Å². The maximum absolute atomic E-state index is 12.6. The summed E-state index contributed by atoms with van der Waals surface area (Å²) < 4.78 is 7.33. The summed E-state index contributed by atoms with van der Waals surface area (Å²) in [6, 6.07) is 21.7. The summed E-state index contributed by atoms with van der Waals surface area (Å²) in [4.78, 5) is 18.5. The number of hydrogen-bond donors (Lipinski definition) is 1. The maximum atomic E-state index is 12.6. The molecule has 0 bridgehead atoms. The number of aliphatic imine (C=N–C) groups is 1. The Kier molecular flexibility index (Phi) is 5.05. The highest BCUT2D eigenvalue weighted by atomic mass is 32.1. The van der Waals surface area contributed by atoms with Crippen molar-refractivity contribution in [1.29, 1.82) is 0 Å². The number of fused-ring (bicyclic) bond motifs is 3. The standard InChI is InChI=1S/C23H19N5O2S/c1-15-26-27-22-21(25-23(29)30-14-17-10-7-13-31-17)24-20(16-8-3-2-4-9-16)18-11-5-6-12-19(18)28(15)22/h2-13,21H,14H2,1H3,(H,25,29). The van der Waals surface area contributed by atoms with Crippen LogP contribution in [0.1, 0.15) is 33.8 Å². The number of aryl methyl sites for hydroxylation is 1. The van der Waals surface area contributed by atoms with Crippen molar-refractivity contribution in [2.45, 2.75) is 19.7 Å². The number of carbonyl (C=O) groups is 1. The number of thiophene rings is 1. The van der Waals surface area contributed by atoms with Crippen LogP contribution in [-0.2, 0) is 11.3 Å². The average molecular weight is 430 g/mol. The number of para-hydroxylation sites is 1. The second-order valence-electron chi connectivity index (χ2n) is 7.00. The molecule has 154 valence electrons. The molecule has 0 spiro atoms. The van der Waals surface area contributed by atoms with Crippen molar-refractivity contribution in [2.24, 2.45) is 4.99 Å². The fraction of sp³-hybridized carbons (Fsp3) is 0.130. The molecule has 1 N–H and O–H groups in total. The van der Waals surface area contributed by atoms with Gasteiger partial charge in [-0.25, -0.2) is 4.79 Å². The number of benzene rings is 2. The quantitative estimate of drug-likeness (QED) is 0.521. The van der Waals surface area contributed by atoms with Gasteiger partial charge in [0.25, 0.3) is 0 Å². The third-order valence-corrected chi connectivity index (χ3v) is 5.83. The van der Waals surface area contributed by atoms with Crippen LogP contribution in [0, 0.1) is 6.92 Å². The zero-order valence-electron chi connectivity index (χ0n) is 16.7. The monoisotopic (exact) mass is 429 g/mol. The maximum Gasteiger partial charge on any atom is 0.409 e. The Morgan fingerprint density at radius 3 is 2.68 bits per heavy atom. The molecule has 0 saturated carbocycles. The predicted molar refractivity (Wildman–Crippen MR) is 119 cm³/mol. The fourth-order valence-electron chi connectivity index (χ4n) is 3.59. The minimum absolute atomic E-state index is 0.206. The van der Waals surface area contributed by atoms with Gasteiger partial charge in [-0.05, 0) is 24.4 Å². The third kappa shape index (κ3) is 3.73. The summed E-state index contributed by atoms with van der Waals surface area (Å²) in [5, 5.41) is 13.4. The Balaban J connectivity index is 1.55. The van der Waals surface area contributed by atoms with E-state index in [0.29, 0.717) is 11.6 Å². The second kappa shape index (κ2) is 8.16. The first-order valence-corrected chi connectivity index (χ1v) is 10.7. The van der Waals surface area contributed by atoms with Crippen LogP contribution in [0.15, 0.2) is 77.1 Å². The van der Waals surface area contributed by atoms with Gasteiger partial charge in [0.15, 0.2) is 12.0 Å². The summed E-state index contributed by atoms with van der Waals surface area (Å²) in [5.74, 6) is 1.25. The lowest BCUT2D eigenvalue weighted by atomic mass is 10.0. The molecule has 2 aromatic carbocycles. The lowest BCUT2D eigenvalue weighted by Gasteiger charge is -2.14. The van der Waals surface area contributed by atoms with Crippen LogP contribution in [0.25, 0.3) is 5.69 Å². The Morgan fingerprint density at radius 1 is 1.06 bits per heavy atom. The SMILES string of the molecule is Cc1nnc2n1-c1ccccc1C(c1ccccc1)=NC2NC(=O)OCc1cccs1. The van der Waals surface area contributed by atoms with Crippen LogP contribution in [0.4, 0.5) is 4.79 Å². The molecule has 3 heterocycles. The van der Waals surface area contributed by atoms with Gasteiger partial charge >= 0.3 is 6.09 Å². The molecule has 1 atom stereocenters. The molecule has 0 aliphatic carbocycles. The summed E-state index contributed by atoms with van der Waals surface area (Å²) in [6.07, 6.45) is -1.31. The van der Waals surface area contributed by atoms with Gasteiger partial charge in [-0.2, -0.15) is 0 Å². The van der Waals surface area contributed by atoms with Gasteiger partial charge in [-0.1, -0.05) is 54.6 Å². The number of nitrogens with one attached hydrogen (secondary N) is 1. The molecule has 2 aromatic heterocycles. The molecule has 1 amide bonds. The van der Waals surface area contributed by atoms with E-state index in [2.05, 4.69) is 15.5 Å². The largest absolute Gasteiger partial charge is 0.444 e. The third-order valence-electron chi connectivity index (χ3n) is 4.98. The highest BCUT2D eigenvalue weighted by Gasteiger charge is 2.29. The lowest BCUT2D eigenvalue weighted by molar-refractivity contribution is 0.136. The number of aromatic nitrogens is 3. The van der Waals surface area contributed by atoms with Crippen molar-refractivity contribution in [3.63, 3.8) is 0 Å². The molecule has 1 aliphatic heterocycles. The molecule has 0 saturated heterocycles. The Hall–Kier alpha value is -3.78. The average Bonchev–Trinajstić information content (AvgIpc) is 3.43. The predicted octanol–water partition coefficient (Wildman–Crippen LogP) is 4.41. The van der Waals surface area contributed by atoms with E-state index in [1.165, 1.54) is 11.3 Å². The zero-order valence-corrected chi connectivity index (χ0v) is 17.5. The van der Waals surface area contributed by atoms with E-state index >= 15 is 0 Å². The molecular weight excluding hydrogens is 410 g/mol. The van der Waals surface area contributed by atoms with Crippen LogP contribution in [0.2, 0.25) is 0 Å². The molecule has 4 aromatic rings. The molecule has 8 heteroatoms. The number of amides is 1. The summed E-state index contributed by atoms with van der Waals surface area (Å²) in [7, 11) is 0. The molecule has 5 rings (SSSR count). The zero-order chi connectivity index (χ0) is 21.2. The van der Waals surface area contributed by atoms with Gasteiger partial charge in [0.2, 0.25) is 0 Å². The van der Waals surface area contributed by atoms with Crippen LogP contribution in [-0.4, -0.2) is 26.6 Å². The van der Waals surface area contributed by atoms with Crippen molar-refractivity contribution < 1.29 is 9.53 Å². The molecule has 0 fully saturated rings. The van der Waals surface area contributed by atoms with Crippen molar-refractivity contribution >= 4 is 23.1 Å². The van der Waals surface area contributed by atoms with Crippen molar-refractivity contribution in [3.05, 3.63) is 99.8 Å². The Labute approximate surface area is 183 Å². The van der Waals surface area contributed by atoms with Gasteiger partial charge in [0, 0.05) is 16.0 Å². The first-order chi connectivity index (χ1) is 15.2. The van der Waals surface area contributed by atoms with Crippen LogP contribution >= 0.6 is 11.3 Å². The normalized spacial score (nSPS) is 14.7. The first kappa shape index (κ1) is 19.2. The Morgan fingerprint density at radius 2 is 1.87 bits per heavy atom. The topological polar surface area (TPSA) is 81.4 Å². The number of hydrogen-bond acceptors (Lipinski definition) is 6. The number of nitrogens with zero attached hydrogens (tertiary/aromatic N) is 4. The summed E-state index contributed by atoms with van der Waals surface area (Å²) in [6.45, 7) is 2.09. The van der Waals surface area contributed by atoms with E-state index in [9.17, 15) is 4.79 Å². The number of ether oxygens (including phenoxy) is 1.